The summed E-state index contributed by atoms with van der Waals surface area (Å²) in [6.07, 6.45) is 9.89. The molecule has 0 bridgehead atoms. The molecule has 3 fully saturated rings. The summed E-state index contributed by atoms with van der Waals surface area (Å²) in [4.78, 5) is 13.7. The molecule has 1 amide bonds. The van der Waals surface area contributed by atoms with Crippen molar-refractivity contribution >= 4 is 21.8 Å². The van der Waals surface area contributed by atoms with Crippen LogP contribution in [-0.2, 0) is 4.79 Å². The fourth-order valence-electron chi connectivity index (χ4n) is 5.06. The van der Waals surface area contributed by atoms with Crippen molar-refractivity contribution in [1.82, 2.24) is 5.32 Å². The minimum atomic E-state index is 0.0673. The van der Waals surface area contributed by atoms with Gasteiger partial charge in [0.05, 0.1) is 0 Å². The van der Waals surface area contributed by atoms with Crippen molar-refractivity contribution in [3.8, 4) is 0 Å². The van der Waals surface area contributed by atoms with Crippen LogP contribution in [0.4, 0.5) is 0 Å². The van der Waals surface area contributed by atoms with E-state index in [1.807, 2.05) is 0 Å². The van der Waals surface area contributed by atoms with Gasteiger partial charge in [-0.3, -0.25) is 4.79 Å². The Bertz CT molecular complexity index is 468. The molecule has 21 heavy (non-hydrogen) atoms. The number of fused-ring (bicyclic) bond motifs is 1. The molecule has 3 heteroatoms. The standard InChI is InChI=1S/C18H26BrNO/c1-12-10-15(20-17(12)21)7-5-14-6-8-16-13(11-19)4-3-9-18(14,16)2/h11,14-16H,1,3-10H2,2H3,(H,20,21)/b13-11+. The predicted molar refractivity (Wildman–Crippen MR) is 90.1 cm³/mol. The first-order chi connectivity index (χ1) is 10.0. The van der Waals surface area contributed by atoms with Gasteiger partial charge in [0.25, 0.3) is 0 Å². The van der Waals surface area contributed by atoms with E-state index in [1.54, 1.807) is 5.57 Å². The van der Waals surface area contributed by atoms with Gasteiger partial charge in [-0.15, -0.1) is 0 Å². The molecule has 1 saturated heterocycles. The minimum absolute atomic E-state index is 0.0673. The molecule has 1 N–H and O–H groups in total. The Morgan fingerprint density at radius 1 is 1.43 bits per heavy atom. The number of carbonyl (C=O) groups excluding carboxylic acids is 1. The number of allylic oxidation sites excluding steroid dienone is 1. The Balaban J connectivity index is 1.62. The third kappa shape index (κ3) is 2.74. The van der Waals surface area contributed by atoms with Gasteiger partial charge < -0.3 is 5.32 Å². The Kier molecular flexibility index (Phi) is 4.31. The molecule has 2 nitrogen and oxygen atoms in total. The molecular formula is C18H26BrNO. The molecule has 4 unspecified atom stereocenters. The smallest absolute Gasteiger partial charge is 0.246 e. The molecule has 2 saturated carbocycles. The Morgan fingerprint density at radius 3 is 2.90 bits per heavy atom. The van der Waals surface area contributed by atoms with E-state index >= 15 is 0 Å². The molecule has 0 aromatic rings. The zero-order valence-electron chi connectivity index (χ0n) is 13.0. The van der Waals surface area contributed by atoms with Crippen LogP contribution >= 0.6 is 15.9 Å². The van der Waals surface area contributed by atoms with Gasteiger partial charge >= 0.3 is 0 Å². The zero-order valence-corrected chi connectivity index (χ0v) is 14.5. The van der Waals surface area contributed by atoms with Crippen molar-refractivity contribution in [3.63, 3.8) is 0 Å². The van der Waals surface area contributed by atoms with Crippen molar-refractivity contribution in [3.05, 3.63) is 22.7 Å². The maximum absolute atomic E-state index is 11.5. The lowest BCUT2D eigenvalue weighted by Crippen LogP contribution is -2.34. The maximum atomic E-state index is 11.5. The maximum Gasteiger partial charge on any atom is 0.246 e. The van der Waals surface area contributed by atoms with Crippen molar-refractivity contribution in [2.24, 2.45) is 17.3 Å². The average Bonchev–Trinajstić information content (AvgIpc) is 2.96. The number of amides is 1. The lowest BCUT2D eigenvalue weighted by atomic mass is 9.63. The number of carbonyl (C=O) groups is 1. The number of nitrogens with one attached hydrogen (secondary N) is 1. The van der Waals surface area contributed by atoms with Crippen molar-refractivity contribution in [2.45, 2.75) is 64.3 Å². The van der Waals surface area contributed by atoms with Crippen LogP contribution in [0.5, 0.6) is 0 Å². The summed E-state index contributed by atoms with van der Waals surface area (Å²) in [6.45, 7) is 6.35. The molecule has 3 aliphatic rings. The third-order valence-electron chi connectivity index (χ3n) is 6.31. The highest BCUT2D eigenvalue weighted by Crippen LogP contribution is 2.58. The van der Waals surface area contributed by atoms with Crippen LogP contribution in [0.1, 0.15) is 58.3 Å². The quantitative estimate of drug-likeness (QED) is 0.733. The first-order valence-corrected chi connectivity index (χ1v) is 9.24. The van der Waals surface area contributed by atoms with E-state index in [9.17, 15) is 4.79 Å². The van der Waals surface area contributed by atoms with Gasteiger partial charge in [-0.2, -0.15) is 0 Å². The molecule has 0 radical (unpaired) electrons. The van der Waals surface area contributed by atoms with Gasteiger partial charge in [0.2, 0.25) is 5.91 Å². The third-order valence-corrected chi connectivity index (χ3v) is 6.90. The average molecular weight is 352 g/mol. The molecule has 0 aromatic heterocycles. The summed E-state index contributed by atoms with van der Waals surface area (Å²) >= 11 is 3.58. The van der Waals surface area contributed by atoms with Crippen LogP contribution in [0.25, 0.3) is 0 Å². The van der Waals surface area contributed by atoms with E-state index in [1.165, 1.54) is 38.5 Å². The second kappa shape index (κ2) is 5.91. The normalized spacial score (nSPS) is 41.4. The SMILES string of the molecule is C=C1CC(CCC2CCC3/C(=C/Br)CCCC23C)NC1=O. The second-order valence-corrected chi connectivity index (χ2v) is 7.88. The molecule has 1 aliphatic heterocycles. The summed E-state index contributed by atoms with van der Waals surface area (Å²) in [6, 6.07) is 0.336. The van der Waals surface area contributed by atoms with Crippen LogP contribution in [0, 0.1) is 17.3 Å². The van der Waals surface area contributed by atoms with E-state index in [4.69, 9.17) is 0 Å². The van der Waals surface area contributed by atoms with Crippen molar-refractivity contribution in [1.29, 1.82) is 0 Å². The van der Waals surface area contributed by atoms with Crippen LogP contribution in [0.3, 0.4) is 0 Å². The Hall–Kier alpha value is -0.570. The summed E-state index contributed by atoms with van der Waals surface area (Å²) in [5.41, 5.74) is 2.88. The predicted octanol–water partition coefficient (Wildman–Crippen LogP) is 4.71. The zero-order chi connectivity index (χ0) is 15.0. The van der Waals surface area contributed by atoms with E-state index in [-0.39, 0.29) is 5.91 Å². The summed E-state index contributed by atoms with van der Waals surface area (Å²) in [5.74, 6) is 1.66. The largest absolute Gasteiger partial charge is 0.349 e. The van der Waals surface area contributed by atoms with E-state index in [0.717, 1.165) is 30.3 Å². The van der Waals surface area contributed by atoms with Gasteiger partial charge in [-0.05, 0) is 73.6 Å². The summed E-state index contributed by atoms with van der Waals surface area (Å²) in [5, 5.41) is 3.07. The highest BCUT2D eigenvalue weighted by Gasteiger charge is 2.48. The highest BCUT2D eigenvalue weighted by molar-refractivity contribution is 9.11. The number of halogens is 1. The monoisotopic (exact) mass is 351 g/mol. The molecule has 4 atom stereocenters. The molecular weight excluding hydrogens is 326 g/mol. The van der Waals surface area contributed by atoms with Crippen molar-refractivity contribution in [2.75, 3.05) is 0 Å². The van der Waals surface area contributed by atoms with E-state index in [2.05, 4.69) is 39.7 Å². The molecule has 0 spiro atoms. The summed E-state index contributed by atoms with van der Waals surface area (Å²) in [7, 11) is 0. The van der Waals surface area contributed by atoms with Gasteiger partial charge in [0, 0.05) is 11.6 Å². The van der Waals surface area contributed by atoms with Gasteiger partial charge in [0.1, 0.15) is 0 Å². The molecule has 2 aliphatic carbocycles. The highest BCUT2D eigenvalue weighted by atomic mass is 79.9. The molecule has 0 aromatic carbocycles. The second-order valence-electron chi connectivity index (χ2n) is 7.43. The topological polar surface area (TPSA) is 29.1 Å². The lowest BCUT2D eigenvalue weighted by Gasteiger charge is -2.42. The Labute approximate surface area is 136 Å². The first kappa shape index (κ1) is 15.3. The number of hydrogen-bond donors (Lipinski definition) is 1. The summed E-state index contributed by atoms with van der Waals surface area (Å²) < 4.78 is 0. The minimum Gasteiger partial charge on any atom is -0.349 e. The number of rotatable bonds is 3. The van der Waals surface area contributed by atoms with Gasteiger partial charge in [-0.1, -0.05) is 35.0 Å². The van der Waals surface area contributed by atoms with Gasteiger partial charge in [-0.25, -0.2) is 0 Å². The molecule has 3 rings (SSSR count). The van der Waals surface area contributed by atoms with E-state index in [0.29, 0.717) is 11.5 Å². The molecule has 116 valence electrons. The van der Waals surface area contributed by atoms with Crippen molar-refractivity contribution < 1.29 is 4.79 Å². The van der Waals surface area contributed by atoms with E-state index < -0.39 is 0 Å². The number of hydrogen-bond acceptors (Lipinski definition) is 1. The first-order valence-electron chi connectivity index (χ1n) is 8.32. The fourth-order valence-corrected chi connectivity index (χ4v) is 5.60. The van der Waals surface area contributed by atoms with Crippen LogP contribution < -0.4 is 5.32 Å². The van der Waals surface area contributed by atoms with Crippen LogP contribution in [0.2, 0.25) is 0 Å². The Morgan fingerprint density at radius 2 is 2.24 bits per heavy atom. The van der Waals surface area contributed by atoms with Crippen LogP contribution in [-0.4, -0.2) is 11.9 Å². The molecule has 1 heterocycles. The van der Waals surface area contributed by atoms with Crippen LogP contribution in [0.15, 0.2) is 22.7 Å². The fraction of sp³-hybridized carbons (Fsp3) is 0.722. The van der Waals surface area contributed by atoms with Gasteiger partial charge in [0.15, 0.2) is 0 Å². The lowest BCUT2D eigenvalue weighted by molar-refractivity contribution is -0.116.